The number of benzene rings is 6. The van der Waals surface area contributed by atoms with E-state index >= 15 is 0 Å². The average Bonchev–Trinajstić information content (AvgIpc) is 3.25. The maximum atomic E-state index is 8.85. The molecule has 0 saturated carbocycles. The van der Waals surface area contributed by atoms with Crippen LogP contribution >= 0.6 is 31.9 Å². The summed E-state index contributed by atoms with van der Waals surface area (Å²) in [5.74, 6) is 0. The minimum Gasteiger partial charge on any atom is -0.423 e. The lowest BCUT2D eigenvalue weighted by Crippen LogP contribution is -2.31. The average molecular weight is 666 g/mol. The molecule has 6 aromatic rings. The molecule has 41 heavy (non-hydrogen) atoms. The summed E-state index contributed by atoms with van der Waals surface area (Å²) < 4.78 is 2.26. The highest BCUT2D eigenvalue weighted by Gasteiger charge is 2.22. The third-order valence-corrected chi connectivity index (χ3v) is 8.77. The third-order valence-electron chi connectivity index (χ3n) is 7.45. The second-order valence-electron chi connectivity index (χ2n) is 10.5. The topological polar surface area (TPSA) is 40.5 Å². The molecule has 0 amide bonds. The van der Waals surface area contributed by atoms with Crippen LogP contribution in [-0.4, -0.2) is 17.2 Å². The first-order valence-electron chi connectivity index (χ1n) is 13.6. The maximum absolute atomic E-state index is 8.85. The SMILES string of the molecule is Brc1cccc2cccc(Br)c12.Cc1cc(C)c2c(c1)-c1cccc3cccc-2c13.Cc1ccc(B(O)O)c(C)c1. The molecule has 7 rings (SSSR count). The van der Waals surface area contributed by atoms with Crippen molar-refractivity contribution in [1.29, 1.82) is 0 Å². The second-order valence-corrected chi connectivity index (χ2v) is 12.2. The van der Waals surface area contributed by atoms with Gasteiger partial charge in [0.05, 0.1) is 0 Å². The van der Waals surface area contributed by atoms with Crippen LogP contribution in [0.15, 0.2) is 112 Å². The Balaban J connectivity index is 0.000000130. The van der Waals surface area contributed by atoms with Gasteiger partial charge in [0, 0.05) is 14.3 Å². The smallest absolute Gasteiger partial charge is 0.423 e. The predicted molar refractivity (Wildman–Crippen MR) is 183 cm³/mol. The monoisotopic (exact) mass is 664 g/mol. The fourth-order valence-electron chi connectivity index (χ4n) is 5.68. The Bertz CT molecular complexity index is 1850. The van der Waals surface area contributed by atoms with Crippen LogP contribution in [0.25, 0.3) is 43.8 Å². The zero-order chi connectivity index (χ0) is 29.3. The van der Waals surface area contributed by atoms with E-state index in [4.69, 9.17) is 10.0 Å². The van der Waals surface area contributed by atoms with Crippen molar-refractivity contribution >= 4 is 66.0 Å². The summed E-state index contributed by atoms with van der Waals surface area (Å²) in [5.41, 5.74) is 11.0. The van der Waals surface area contributed by atoms with Crippen LogP contribution in [0, 0.1) is 27.7 Å². The number of hydrogen-bond acceptors (Lipinski definition) is 2. The molecule has 0 atom stereocenters. The highest BCUT2D eigenvalue weighted by atomic mass is 79.9. The van der Waals surface area contributed by atoms with Gasteiger partial charge in [-0.15, -0.1) is 0 Å². The summed E-state index contributed by atoms with van der Waals surface area (Å²) >= 11 is 7.04. The van der Waals surface area contributed by atoms with Gasteiger partial charge >= 0.3 is 7.12 Å². The van der Waals surface area contributed by atoms with Crippen LogP contribution in [0.4, 0.5) is 0 Å². The molecule has 0 heterocycles. The van der Waals surface area contributed by atoms with Gasteiger partial charge in [0.25, 0.3) is 0 Å². The lowest BCUT2D eigenvalue weighted by Gasteiger charge is -2.07. The zero-order valence-corrected chi connectivity index (χ0v) is 26.7. The molecule has 1 aliphatic carbocycles. The molecular formula is C36H31BBr2O2. The lowest BCUT2D eigenvalue weighted by atomic mass is 9.77. The van der Waals surface area contributed by atoms with Gasteiger partial charge in [-0.1, -0.05) is 140 Å². The number of rotatable bonds is 1. The van der Waals surface area contributed by atoms with Crippen LogP contribution in [-0.2, 0) is 0 Å². The van der Waals surface area contributed by atoms with E-state index in [9.17, 15) is 0 Å². The molecule has 0 saturated heterocycles. The number of aryl methyl sites for hydroxylation is 4. The summed E-state index contributed by atoms with van der Waals surface area (Å²) in [6.45, 7) is 8.23. The Hall–Kier alpha value is -3.22. The maximum Gasteiger partial charge on any atom is 0.488 e. The highest BCUT2D eigenvalue weighted by molar-refractivity contribution is 9.11. The lowest BCUT2D eigenvalue weighted by molar-refractivity contribution is 0.425. The minimum absolute atomic E-state index is 0.579. The fourth-order valence-corrected chi connectivity index (χ4v) is 7.13. The van der Waals surface area contributed by atoms with Crippen LogP contribution in [0.1, 0.15) is 22.3 Å². The summed E-state index contributed by atoms with van der Waals surface area (Å²) in [4.78, 5) is 0. The minimum atomic E-state index is -1.35. The predicted octanol–water partition coefficient (Wildman–Crippen LogP) is 9.45. The molecule has 0 unspecified atom stereocenters. The Morgan fingerprint density at radius 2 is 1.05 bits per heavy atom. The van der Waals surface area contributed by atoms with Gasteiger partial charge in [0.15, 0.2) is 0 Å². The molecule has 1 aliphatic rings. The quantitative estimate of drug-likeness (QED) is 0.172. The van der Waals surface area contributed by atoms with E-state index in [1.807, 2.05) is 50.2 Å². The van der Waals surface area contributed by atoms with E-state index in [1.54, 1.807) is 6.07 Å². The largest absolute Gasteiger partial charge is 0.488 e. The van der Waals surface area contributed by atoms with Crippen LogP contribution < -0.4 is 5.46 Å². The Morgan fingerprint density at radius 1 is 0.512 bits per heavy atom. The van der Waals surface area contributed by atoms with E-state index in [1.165, 1.54) is 54.9 Å². The molecule has 2 nitrogen and oxygen atoms in total. The third kappa shape index (κ3) is 6.05. The van der Waals surface area contributed by atoms with Crippen molar-refractivity contribution in [3.05, 3.63) is 134 Å². The molecule has 0 spiro atoms. The molecular weight excluding hydrogens is 635 g/mol. The van der Waals surface area contributed by atoms with Crippen molar-refractivity contribution in [3.8, 4) is 22.3 Å². The molecule has 0 aromatic heterocycles. The van der Waals surface area contributed by atoms with Crippen molar-refractivity contribution in [2.75, 3.05) is 0 Å². The molecule has 0 bridgehead atoms. The van der Waals surface area contributed by atoms with E-state index < -0.39 is 7.12 Å². The molecule has 5 heteroatoms. The molecule has 6 aromatic carbocycles. The Labute approximate surface area is 259 Å². The fraction of sp³-hybridized carbons (Fsp3) is 0.111. The van der Waals surface area contributed by atoms with Gasteiger partial charge in [-0.2, -0.15) is 0 Å². The van der Waals surface area contributed by atoms with Crippen molar-refractivity contribution < 1.29 is 10.0 Å². The Kier molecular flexibility index (Phi) is 8.81. The first-order valence-corrected chi connectivity index (χ1v) is 15.1. The van der Waals surface area contributed by atoms with Crippen molar-refractivity contribution in [1.82, 2.24) is 0 Å². The van der Waals surface area contributed by atoms with Gasteiger partial charge in [-0.3, -0.25) is 0 Å². The number of hydrogen-bond donors (Lipinski definition) is 2. The second kappa shape index (κ2) is 12.3. The van der Waals surface area contributed by atoms with Crippen LogP contribution in [0.5, 0.6) is 0 Å². The van der Waals surface area contributed by atoms with Gasteiger partial charge in [0.2, 0.25) is 0 Å². The molecule has 204 valence electrons. The van der Waals surface area contributed by atoms with Gasteiger partial charge in [0.1, 0.15) is 0 Å². The molecule has 0 radical (unpaired) electrons. The first-order chi connectivity index (χ1) is 19.7. The van der Waals surface area contributed by atoms with Crippen molar-refractivity contribution in [3.63, 3.8) is 0 Å². The van der Waals surface area contributed by atoms with Gasteiger partial charge < -0.3 is 10.0 Å². The summed E-state index contributed by atoms with van der Waals surface area (Å²) in [5, 5.41) is 23.0. The zero-order valence-electron chi connectivity index (χ0n) is 23.5. The van der Waals surface area contributed by atoms with Crippen LogP contribution in [0.2, 0.25) is 0 Å². The highest BCUT2D eigenvalue weighted by Crippen LogP contribution is 2.48. The molecule has 0 fully saturated rings. The first kappa shape index (κ1) is 29.3. The number of halogens is 2. The van der Waals surface area contributed by atoms with Gasteiger partial charge in [-0.05, 0) is 89.3 Å². The molecule has 0 aliphatic heterocycles. The van der Waals surface area contributed by atoms with E-state index in [0.717, 1.165) is 20.1 Å². The van der Waals surface area contributed by atoms with Crippen molar-refractivity contribution in [2.45, 2.75) is 27.7 Å². The Morgan fingerprint density at radius 3 is 1.61 bits per heavy atom. The standard InChI is InChI=1S/C18H14.C10H6Br2.C8H11BO2/c1-11-9-12(2)17-15-8-4-6-13-5-3-7-14(18(13)15)16(17)10-11;11-8-5-1-3-7-4-2-6-9(12)10(7)8;1-6-3-4-8(9(10)11)7(2)5-6/h3-10H,1-2H3;1-6H;3-5,10-11H,1-2H3. The number of fused-ring (bicyclic) bond motifs is 4. The van der Waals surface area contributed by atoms with E-state index in [-0.39, 0.29) is 0 Å². The van der Waals surface area contributed by atoms with E-state index in [0.29, 0.717) is 5.46 Å². The molecule has 2 N–H and O–H groups in total. The van der Waals surface area contributed by atoms with Crippen molar-refractivity contribution in [2.24, 2.45) is 0 Å². The van der Waals surface area contributed by atoms with Gasteiger partial charge in [-0.25, -0.2) is 0 Å². The normalized spacial score (nSPS) is 10.9. The summed E-state index contributed by atoms with van der Waals surface area (Å²) in [6.07, 6.45) is 0. The summed E-state index contributed by atoms with van der Waals surface area (Å²) in [7, 11) is -1.35. The summed E-state index contributed by atoms with van der Waals surface area (Å²) in [6, 6.07) is 35.7. The van der Waals surface area contributed by atoms with E-state index in [2.05, 4.69) is 106 Å². The van der Waals surface area contributed by atoms with Crippen LogP contribution in [0.3, 0.4) is 0 Å².